The average molecular weight is 328 g/mol. The van der Waals surface area contributed by atoms with Gasteiger partial charge in [-0.25, -0.2) is 4.98 Å². The molecule has 2 aromatic rings. The third-order valence-corrected chi connectivity index (χ3v) is 4.21. The summed E-state index contributed by atoms with van der Waals surface area (Å²) in [5.41, 5.74) is -0.936. The Balaban J connectivity index is 2.12. The van der Waals surface area contributed by atoms with Crippen LogP contribution in [0, 0.1) is 5.92 Å². The number of anilines is 1. The molecule has 3 rings (SSSR count). The molecule has 0 bridgehead atoms. The summed E-state index contributed by atoms with van der Waals surface area (Å²) in [5.74, 6) is 0.654. The largest absolute Gasteiger partial charge is 0.433 e. The minimum absolute atomic E-state index is 0.0312. The number of alkyl halides is 3. The molecule has 1 saturated heterocycles. The molecule has 1 aliphatic heterocycles. The fourth-order valence-corrected chi connectivity index (χ4v) is 2.96. The number of piperazine rings is 1. The van der Waals surface area contributed by atoms with Crippen LogP contribution in [-0.2, 0) is 6.18 Å². The summed E-state index contributed by atoms with van der Waals surface area (Å²) in [5, 5.41) is 4.05. The van der Waals surface area contributed by atoms with Crippen LogP contribution in [0.3, 0.4) is 0 Å². The normalized spacial score (nSPS) is 20.7. The monoisotopic (exact) mass is 328 g/mol. The van der Waals surface area contributed by atoms with Gasteiger partial charge in [-0.3, -0.25) is 0 Å². The highest BCUT2D eigenvalue weighted by molar-refractivity contribution is 5.49. The molecule has 0 radical (unpaired) electrons. The average Bonchev–Trinajstić information content (AvgIpc) is 2.93. The number of likely N-dealkylation sites (N-methyl/N-ethyl adjacent to an activating group) is 1. The van der Waals surface area contributed by atoms with E-state index in [0.717, 1.165) is 19.2 Å². The molecule has 1 atom stereocenters. The van der Waals surface area contributed by atoms with E-state index >= 15 is 0 Å². The lowest BCUT2D eigenvalue weighted by Crippen LogP contribution is -2.54. The van der Waals surface area contributed by atoms with Gasteiger partial charge in [0.2, 0.25) is 0 Å². The Hall–Kier alpha value is -1.90. The highest BCUT2D eigenvalue weighted by Crippen LogP contribution is 2.32. The second-order valence-corrected chi connectivity index (χ2v) is 6.24. The topological polar surface area (TPSA) is 49.6 Å². The van der Waals surface area contributed by atoms with Gasteiger partial charge in [0.05, 0.1) is 0 Å². The Morgan fingerprint density at radius 2 is 2.00 bits per heavy atom. The van der Waals surface area contributed by atoms with Crippen molar-refractivity contribution in [2.75, 3.05) is 31.6 Å². The lowest BCUT2D eigenvalue weighted by molar-refractivity contribution is -0.141. The zero-order valence-corrected chi connectivity index (χ0v) is 13.2. The fraction of sp³-hybridized carbons (Fsp3) is 0.643. The first kappa shape index (κ1) is 16.0. The predicted octanol–water partition coefficient (Wildman–Crippen LogP) is 1.92. The smallest absolute Gasteiger partial charge is 0.351 e. The maximum atomic E-state index is 13.1. The van der Waals surface area contributed by atoms with E-state index in [2.05, 4.69) is 33.8 Å². The first-order valence-corrected chi connectivity index (χ1v) is 7.50. The Bertz CT molecular complexity index is 695. The standard InChI is InChI=1S/C14H19F3N6/c1-9(2)10-7-21(3)4-5-22(10)12-6-11(14(15,16)17)20-13-18-8-19-23(12)13/h6,8-10H,4-5,7H2,1-3H3. The van der Waals surface area contributed by atoms with Crippen molar-refractivity contribution in [3.8, 4) is 0 Å². The number of rotatable bonds is 2. The Kier molecular flexibility index (Phi) is 3.91. The molecule has 9 heteroatoms. The SMILES string of the molecule is CC(C)C1CN(C)CCN1c1cc(C(F)(F)F)nc2ncnn12. The van der Waals surface area contributed by atoms with Crippen molar-refractivity contribution in [1.29, 1.82) is 0 Å². The maximum Gasteiger partial charge on any atom is 0.433 e. The van der Waals surface area contributed by atoms with Gasteiger partial charge >= 0.3 is 6.18 Å². The Morgan fingerprint density at radius 1 is 1.26 bits per heavy atom. The fourth-order valence-electron chi connectivity index (χ4n) is 2.96. The number of halogens is 3. The van der Waals surface area contributed by atoms with Crippen molar-refractivity contribution in [3.05, 3.63) is 18.1 Å². The van der Waals surface area contributed by atoms with E-state index in [0.29, 0.717) is 18.3 Å². The number of fused-ring (bicyclic) bond motifs is 1. The zero-order chi connectivity index (χ0) is 16.8. The summed E-state index contributed by atoms with van der Waals surface area (Å²) >= 11 is 0. The summed E-state index contributed by atoms with van der Waals surface area (Å²) in [6.07, 6.45) is -3.28. The molecule has 1 unspecified atom stereocenters. The molecule has 0 saturated carbocycles. The molecule has 3 heterocycles. The predicted molar refractivity (Wildman–Crippen MR) is 79.3 cm³/mol. The first-order valence-electron chi connectivity index (χ1n) is 7.50. The number of aromatic nitrogens is 4. The van der Waals surface area contributed by atoms with Crippen LogP contribution in [-0.4, -0.2) is 57.2 Å². The van der Waals surface area contributed by atoms with Gasteiger partial charge in [0.25, 0.3) is 5.78 Å². The van der Waals surface area contributed by atoms with E-state index in [1.165, 1.54) is 10.8 Å². The molecule has 0 aliphatic carbocycles. The third kappa shape index (κ3) is 2.97. The molecule has 0 aromatic carbocycles. The van der Waals surface area contributed by atoms with Crippen molar-refractivity contribution in [2.24, 2.45) is 5.92 Å². The lowest BCUT2D eigenvalue weighted by atomic mass is 9.99. The molecule has 126 valence electrons. The third-order valence-electron chi connectivity index (χ3n) is 4.21. The van der Waals surface area contributed by atoms with E-state index in [4.69, 9.17) is 0 Å². The van der Waals surface area contributed by atoms with Crippen LogP contribution in [0.25, 0.3) is 5.78 Å². The second-order valence-electron chi connectivity index (χ2n) is 6.24. The molecule has 1 fully saturated rings. The van der Waals surface area contributed by atoms with E-state index in [9.17, 15) is 13.2 Å². The molecule has 0 spiro atoms. The van der Waals surface area contributed by atoms with Crippen LogP contribution in [0.5, 0.6) is 0 Å². The van der Waals surface area contributed by atoms with Crippen LogP contribution in [0.4, 0.5) is 19.0 Å². The van der Waals surface area contributed by atoms with Gasteiger partial charge in [-0.1, -0.05) is 13.8 Å². The van der Waals surface area contributed by atoms with Crippen molar-refractivity contribution in [2.45, 2.75) is 26.1 Å². The summed E-state index contributed by atoms with van der Waals surface area (Å²) in [6, 6.07) is 1.17. The number of nitrogens with zero attached hydrogens (tertiary/aromatic N) is 6. The summed E-state index contributed by atoms with van der Waals surface area (Å²) < 4.78 is 40.8. The van der Waals surface area contributed by atoms with E-state index in [-0.39, 0.29) is 11.8 Å². The van der Waals surface area contributed by atoms with Gasteiger partial charge in [0, 0.05) is 31.7 Å². The molecule has 23 heavy (non-hydrogen) atoms. The molecule has 1 aliphatic rings. The van der Waals surface area contributed by atoms with E-state index in [1.807, 2.05) is 11.9 Å². The van der Waals surface area contributed by atoms with E-state index < -0.39 is 11.9 Å². The van der Waals surface area contributed by atoms with Crippen LogP contribution in [0.2, 0.25) is 0 Å². The number of hydrogen-bond acceptors (Lipinski definition) is 5. The molecule has 6 nitrogen and oxygen atoms in total. The lowest BCUT2D eigenvalue weighted by Gasteiger charge is -2.43. The minimum atomic E-state index is -4.51. The Labute approximate surface area is 131 Å². The van der Waals surface area contributed by atoms with Gasteiger partial charge < -0.3 is 9.80 Å². The molecular formula is C14H19F3N6. The zero-order valence-electron chi connectivity index (χ0n) is 13.2. The van der Waals surface area contributed by atoms with Gasteiger partial charge in [0.15, 0.2) is 5.69 Å². The quantitative estimate of drug-likeness (QED) is 0.843. The van der Waals surface area contributed by atoms with Crippen molar-refractivity contribution < 1.29 is 13.2 Å². The highest BCUT2D eigenvalue weighted by Gasteiger charge is 2.36. The van der Waals surface area contributed by atoms with Crippen LogP contribution in [0.15, 0.2) is 12.4 Å². The molecular weight excluding hydrogens is 309 g/mol. The summed E-state index contributed by atoms with van der Waals surface area (Å²) in [6.45, 7) is 6.35. The van der Waals surface area contributed by atoms with Crippen LogP contribution >= 0.6 is 0 Å². The summed E-state index contributed by atoms with van der Waals surface area (Å²) in [4.78, 5) is 11.6. The second kappa shape index (κ2) is 5.63. The first-order chi connectivity index (χ1) is 10.8. The van der Waals surface area contributed by atoms with E-state index in [1.54, 1.807) is 0 Å². The Morgan fingerprint density at radius 3 is 2.65 bits per heavy atom. The molecule has 0 amide bonds. The van der Waals surface area contributed by atoms with Crippen molar-refractivity contribution >= 4 is 11.6 Å². The maximum absolute atomic E-state index is 13.1. The van der Waals surface area contributed by atoms with Gasteiger partial charge in [-0.05, 0) is 13.0 Å². The van der Waals surface area contributed by atoms with Gasteiger partial charge in [-0.2, -0.15) is 27.8 Å². The van der Waals surface area contributed by atoms with Crippen molar-refractivity contribution in [1.82, 2.24) is 24.5 Å². The molecule has 0 N–H and O–H groups in total. The van der Waals surface area contributed by atoms with Gasteiger partial charge in [0.1, 0.15) is 12.1 Å². The number of hydrogen-bond donors (Lipinski definition) is 0. The highest BCUT2D eigenvalue weighted by atomic mass is 19.4. The minimum Gasteiger partial charge on any atom is -0.351 e. The molecule has 2 aromatic heterocycles. The van der Waals surface area contributed by atoms with Crippen LogP contribution in [0.1, 0.15) is 19.5 Å². The van der Waals surface area contributed by atoms with Crippen molar-refractivity contribution in [3.63, 3.8) is 0 Å². The van der Waals surface area contributed by atoms with Gasteiger partial charge in [-0.15, -0.1) is 0 Å². The van der Waals surface area contributed by atoms with Crippen LogP contribution < -0.4 is 4.90 Å². The summed E-state index contributed by atoms with van der Waals surface area (Å²) in [7, 11) is 2.02.